The molecule has 194 valence electrons. The molecule has 4 rings (SSSR count). The van der Waals surface area contributed by atoms with Gasteiger partial charge in [0.15, 0.2) is 6.61 Å². The molecule has 1 heterocycles. The quantitative estimate of drug-likeness (QED) is 0.259. The first kappa shape index (κ1) is 26.5. The second-order valence-corrected chi connectivity index (χ2v) is 10.5. The summed E-state index contributed by atoms with van der Waals surface area (Å²) in [5.74, 6) is -1.32. The zero-order valence-corrected chi connectivity index (χ0v) is 21.6. The first-order valence-electron chi connectivity index (χ1n) is 11.6. The van der Waals surface area contributed by atoms with Gasteiger partial charge in [-0.05, 0) is 36.4 Å². The van der Waals surface area contributed by atoms with Crippen molar-refractivity contribution in [3.63, 3.8) is 0 Å². The van der Waals surface area contributed by atoms with E-state index in [2.05, 4.69) is 10.4 Å². The molecular formula is C28H26N4O5S. The number of nitrogens with one attached hydrogen (secondary N) is 1. The Morgan fingerprint density at radius 2 is 1.66 bits per heavy atom. The van der Waals surface area contributed by atoms with Gasteiger partial charge in [-0.2, -0.15) is 5.10 Å². The van der Waals surface area contributed by atoms with Crippen LogP contribution in [0.4, 0.5) is 5.69 Å². The third kappa shape index (κ3) is 6.41. The molecule has 0 radical (unpaired) electrons. The summed E-state index contributed by atoms with van der Waals surface area (Å²) in [5, 5.41) is 7.23. The summed E-state index contributed by atoms with van der Waals surface area (Å²) in [6.45, 7) is -0.539. The van der Waals surface area contributed by atoms with E-state index < -0.39 is 28.5 Å². The van der Waals surface area contributed by atoms with Gasteiger partial charge in [0.25, 0.3) is 5.91 Å². The number of anilines is 1. The van der Waals surface area contributed by atoms with Crippen molar-refractivity contribution in [2.75, 3.05) is 26.0 Å². The summed E-state index contributed by atoms with van der Waals surface area (Å²) in [5.41, 5.74) is 3.40. The maximum atomic E-state index is 12.4. The van der Waals surface area contributed by atoms with Crippen LogP contribution in [0, 0.1) is 0 Å². The van der Waals surface area contributed by atoms with E-state index in [4.69, 9.17) is 4.74 Å². The van der Waals surface area contributed by atoms with Crippen molar-refractivity contribution in [1.29, 1.82) is 0 Å². The summed E-state index contributed by atoms with van der Waals surface area (Å²) < 4.78 is 32.5. The van der Waals surface area contributed by atoms with E-state index in [9.17, 15) is 18.0 Å². The standard InChI is InChI=1S/C28H26N4O5S/c1-31(2)38(35,36)25-15-9-12-23(18-25)29-26(33)20-37-27(34)17-16-22-19-32(24-13-7-4-8-14-24)30-28(22)21-10-5-3-6-11-21/h3-19H,20H2,1-2H3,(H,29,33)/b17-16+. The van der Waals surface area contributed by atoms with E-state index in [0.717, 1.165) is 15.6 Å². The van der Waals surface area contributed by atoms with Gasteiger partial charge >= 0.3 is 5.97 Å². The molecule has 0 fully saturated rings. The van der Waals surface area contributed by atoms with E-state index in [-0.39, 0.29) is 10.6 Å². The Balaban J connectivity index is 1.43. The molecule has 10 heteroatoms. The van der Waals surface area contributed by atoms with Gasteiger partial charge in [0.2, 0.25) is 10.0 Å². The minimum atomic E-state index is -3.65. The number of ether oxygens (including phenoxy) is 1. The SMILES string of the molecule is CN(C)S(=O)(=O)c1cccc(NC(=O)COC(=O)/C=C/c2cn(-c3ccccc3)nc2-c2ccccc2)c1. The van der Waals surface area contributed by atoms with Gasteiger partial charge in [0, 0.05) is 43.2 Å². The molecule has 0 unspecified atom stereocenters. The third-order valence-electron chi connectivity index (χ3n) is 5.45. The Kier molecular flexibility index (Phi) is 8.15. The second kappa shape index (κ2) is 11.7. The molecule has 0 saturated heterocycles. The van der Waals surface area contributed by atoms with Crippen LogP contribution < -0.4 is 5.32 Å². The van der Waals surface area contributed by atoms with Crippen LogP contribution in [-0.4, -0.2) is 55.1 Å². The maximum Gasteiger partial charge on any atom is 0.331 e. The summed E-state index contributed by atoms with van der Waals surface area (Å²) in [7, 11) is -0.814. The fourth-order valence-corrected chi connectivity index (χ4v) is 4.48. The van der Waals surface area contributed by atoms with E-state index in [1.54, 1.807) is 16.8 Å². The first-order valence-corrected chi connectivity index (χ1v) is 13.1. The Morgan fingerprint density at radius 3 is 2.34 bits per heavy atom. The van der Waals surface area contributed by atoms with Crippen molar-refractivity contribution in [1.82, 2.24) is 14.1 Å². The van der Waals surface area contributed by atoms with Gasteiger partial charge in [-0.25, -0.2) is 22.2 Å². The highest BCUT2D eigenvalue weighted by atomic mass is 32.2. The van der Waals surface area contributed by atoms with Gasteiger partial charge in [-0.3, -0.25) is 4.79 Å². The molecule has 0 bridgehead atoms. The molecule has 38 heavy (non-hydrogen) atoms. The van der Waals surface area contributed by atoms with Gasteiger partial charge in [-0.1, -0.05) is 54.6 Å². The number of hydrogen-bond acceptors (Lipinski definition) is 6. The summed E-state index contributed by atoms with van der Waals surface area (Å²) in [6, 6.07) is 25.0. The monoisotopic (exact) mass is 530 g/mol. The summed E-state index contributed by atoms with van der Waals surface area (Å²) in [6.07, 6.45) is 4.63. The van der Waals surface area contributed by atoms with E-state index in [1.165, 1.54) is 38.4 Å². The maximum absolute atomic E-state index is 12.4. The lowest BCUT2D eigenvalue weighted by atomic mass is 10.1. The van der Waals surface area contributed by atoms with Crippen LogP contribution >= 0.6 is 0 Å². The van der Waals surface area contributed by atoms with Crippen LogP contribution in [-0.2, 0) is 24.3 Å². The lowest BCUT2D eigenvalue weighted by molar-refractivity contribution is -0.142. The number of hydrogen-bond donors (Lipinski definition) is 1. The Bertz CT molecular complexity index is 1560. The fourth-order valence-electron chi connectivity index (χ4n) is 3.53. The van der Waals surface area contributed by atoms with Crippen LogP contribution in [0.3, 0.4) is 0 Å². The predicted molar refractivity (Wildman–Crippen MR) is 145 cm³/mol. The van der Waals surface area contributed by atoms with Gasteiger partial charge in [0.1, 0.15) is 0 Å². The zero-order valence-electron chi connectivity index (χ0n) is 20.8. The fraction of sp³-hybridized carbons (Fsp3) is 0.107. The topological polar surface area (TPSA) is 111 Å². The zero-order chi connectivity index (χ0) is 27.1. The number of para-hydroxylation sites is 1. The number of nitrogens with zero attached hydrogens (tertiary/aromatic N) is 3. The van der Waals surface area contributed by atoms with Gasteiger partial charge in [-0.15, -0.1) is 0 Å². The van der Waals surface area contributed by atoms with E-state index in [1.807, 2.05) is 66.9 Å². The van der Waals surface area contributed by atoms with Crippen LogP contribution in [0.15, 0.2) is 102 Å². The number of carbonyl (C=O) groups excluding carboxylic acids is 2. The number of esters is 1. The van der Waals surface area contributed by atoms with Crippen molar-refractivity contribution in [3.8, 4) is 16.9 Å². The van der Waals surface area contributed by atoms with E-state index >= 15 is 0 Å². The summed E-state index contributed by atoms with van der Waals surface area (Å²) >= 11 is 0. The van der Waals surface area contributed by atoms with Crippen LogP contribution in [0.1, 0.15) is 5.56 Å². The number of sulfonamides is 1. The summed E-state index contributed by atoms with van der Waals surface area (Å²) in [4.78, 5) is 24.7. The van der Waals surface area contributed by atoms with Crippen LogP contribution in [0.2, 0.25) is 0 Å². The van der Waals surface area contributed by atoms with Crippen molar-refractivity contribution in [3.05, 3.63) is 103 Å². The lowest BCUT2D eigenvalue weighted by Crippen LogP contribution is -2.23. The minimum absolute atomic E-state index is 0.0329. The predicted octanol–water partition coefficient (Wildman–Crippen LogP) is 3.98. The Labute approximate surface area is 221 Å². The molecule has 1 N–H and O–H groups in total. The highest BCUT2D eigenvalue weighted by Gasteiger charge is 2.18. The number of aromatic nitrogens is 2. The third-order valence-corrected chi connectivity index (χ3v) is 7.26. The molecule has 0 atom stereocenters. The van der Waals surface area contributed by atoms with Crippen molar-refractivity contribution in [2.24, 2.45) is 0 Å². The molecule has 0 saturated carbocycles. The highest BCUT2D eigenvalue weighted by Crippen LogP contribution is 2.25. The molecule has 1 aromatic heterocycles. The molecule has 0 aliphatic heterocycles. The van der Waals surface area contributed by atoms with Crippen molar-refractivity contribution >= 4 is 33.7 Å². The molecule has 9 nitrogen and oxygen atoms in total. The average Bonchev–Trinajstić information content (AvgIpc) is 3.36. The number of rotatable bonds is 9. The van der Waals surface area contributed by atoms with Crippen LogP contribution in [0.25, 0.3) is 23.0 Å². The van der Waals surface area contributed by atoms with E-state index in [0.29, 0.717) is 11.3 Å². The highest BCUT2D eigenvalue weighted by molar-refractivity contribution is 7.89. The number of carbonyl (C=O) groups is 2. The Morgan fingerprint density at radius 1 is 0.974 bits per heavy atom. The minimum Gasteiger partial charge on any atom is -0.452 e. The first-order chi connectivity index (χ1) is 18.2. The van der Waals surface area contributed by atoms with Crippen molar-refractivity contribution in [2.45, 2.75) is 4.90 Å². The van der Waals surface area contributed by atoms with Crippen LogP contribution in [0.5, 0.6) is 0 Å². The molecule has 0 aliphatic rings. The van der Waals surface area contributed by atoms with Crippen molar-refractivity contribution < 1.29 is 22.7 Å². The normalized spacial score (nSPS) is 11.6. The van der Waals surface area contributed by atoms with Gasteiger partial charge in [0.05, 0.1) is 16.3 Å². The molecule has 4 aromatic rings. The second-order valence-electron chi connectivity index (χ2n) is 8.38. The number of benzene rings is 3. The lowest BCUT2D eigenvalue weighted by Gasteiger charge is -2.12. The molecule has 0 spiro atoms. The molecular weight excluding hydrogens is 504 g/mol. The molecule has 3 aromatic carbocycles. The van der Waals surface area contributed by atoms with Gasteiger partial charge < -0.3 is 10.1 Å². The molecule has 0 aliphatic carbocycles. The average molecular weight is 531 g/mol. The largest absolute Gasteiger partial charge is 0.452 e. The molecule has 1 amide bonds. The number of amides is 1. The smallest absolute Gasteiger partial charge is 0.331 e. The Hall–Kier alpha value is -4.54.